The second-order valence-electron chi connectivity index (χ2n) is 7.61. The molecule has 0 fully saturated rings. The first-order chi connectivity index (χ1) is 14.3. The fourth-order valence-electron chi connectivity index (χ4n) is 2.62. The van der Waals surface area contributed by atoms with Gasteiger partial charge in [0.2, 0.25) is 0 Å². The van der Waals surface area contributed by atoms with Gasteiger partial charge >= 0.3 is 40.8 Å². The average Bonchev–Trinajstić information content (AvgIpc) is 2.68. The summed E-state index contributed by atoms with van der Waals surface area (Å²) in [6.45, 7) is 6.41. The van der Waals surface area contributed by atoms with Crippen LogP contribution in [0.5, 0.6) is 0 Å². The van der Waals surface area contributed by atoms with E-state index in [-0.39, 0.29) is 60.1 Å². The van der Waals surface area contributed by atoms with Crippen LogP contribution in [0.3, 0.4) is 0 Å². The number of rotatable bonds is 18. The Balaban J connectivity index is -0.000000174. The fourth-order valence-corrected chi connectivity index (χ4v) is 2.62. The van der Waals surface area contributed by atoms with E-state index in [1.807, 2.05) is 0 Å². The van der Waals surface area contributed by atoms with Crippen molar-refractivity contribution in [2.75, 3.05) is 0 Å². The van der Waals surface area contributed by atoms with E-state index in [0.717, 1.165) is 57.8 Å². The summed E-state index contributed by atoms with van der Waals surface area (Å²) in [5.41, 5.74) is 0. The zero-order valence-electron chi connectivity index (χ0n) is 20.2. The first-order valence-electron chi connectivity index (χ1n) is 11.9. The Hall–Kier alpha value is -0.239. The Morgan fingerprint density at radius 1 is 0.419 bits per heavy atom. The molecule has 0 rings (SSSR count). The van der Waals surface area contributed by atoms with Crippen molar-refractivity contribution in [3.63, 3.8) is 0 Å². The van der Waals surface area contributed by atoms with Gasteiger partial charge in [0.1, 0.15) is 0 Å². The second-order valence-corrected chi connectivity index (χ2v) is 7.61. The number of carbonyl (C=O) groups is 3. The summed E-state index contributed by atoms with van der Waals surface area (Å²) < 4.78 is 0. The van der Waals surface area contributed by atoms with Crippen molar-refractivity contribution in [2.24, 2.45) is 0 Å². The van der Waals surface area contributed by atoms with Gasteiger partial charge in [0.15, 0.2) is 0 Å². The van der Waals surface area contributed by atoms with Crippen molar-refractivity contribution in [3.8, 4) is 0 Å². The monoisotopic (exact) mass is 571 g/mol. The molecule has 0 aromatic carbocycles. The molecular weight excluding hydrogens is 528 g/mol. The van der Waals surface area contributed by atoms with Crippen LogP contribution in [-0.4, -0.2) is 17.9 Å². The molecule has 0 aliphatic rings. The van der Waals surface area contributed by atoms with Gasteiger partial charge in [-0.2, -0.15) is 0 Å². The number of unbranched alkanes of at least 4 members (excludes halogenated alkanes) is 12. The van der Waals surface area contributed by atoms with Gasteiger partial charge in [0.05, 0.1) is 0 Å². The van der Waals surface area contributed by atoms with Crippen LogP contribution in [0.4, 0.5) is 0 Å². The second kappa shape index (κ2) is 34.4. The van der Waals surface area contributed by atoms with Crippen LogP contribution in [0.15, 0.2) is 0 Å². The molecule has 0 saturated heterocycles. The Morgan fingerprint density at radius 2 is 0.613 bits per heavy atom. The Kier molecular flexibility index (Phi) is 42.2. The molecule has 1 radical (unpaired) electrons. The molecule has 31 heavy (non-hydrogen) atoms. The van der Waals surface area contributed by atoms with Crippen LogP contribution in [0.2, 0.25) is 0 Å². The SMILES string of the molecule is CCCCCCCC(=O)[O-].CCCCCCCC(=O)[O-].CCCCCCCC(=O)[O-].[Nd+3]. The van der Waals surface area contributed by atoms with Crippen LogP contribution in [-0.2, 0) is 14.4 Å². The molecule has 0 bridgehead atoms. The molecule has 0 saturated carbocycles. The van der Waals surface area contributed by atoms with Gasteiger partial charge in [-0.3, -0.25) is 0 Å². The predicted octanol–water partition coefficient (Wildman–Crippen LogP) is 3.29. The normalized spacial score (nSPS) is 9.39. The predicted molar refractivity (Wildman–Crippen MR) is 115 cm³/mol. The summed E-state index contributed by atoms with van der Waals surface area (Å²) in [7, 11) is 0. The third-order valence-electron chi connectivity index (χ3n) is 4.45. The number of carboxylic acids is 3. The maximum absolute atomic E-state index is 9.92. The van der Waals surface area contributed by atoms with Gasteiger partial charge in [-0.05, 0) is 38.5 Å². The Labute approximate surface area is 223 Å². The molecule has 0 amide bonds. The van der Waals surface area contributed by atoms with Crippen molar-refractivity contribution >= 4 is 17.9 Å². The van der Waals surface area contributed by atoms with E-state index in [1.165, 1.54) is 38.5 Å². The van der Waals surface area contributed by atoms with E-state index < -0.39 is 17.9 Å². The summed E-state index contributed by atoms with van der Waals surface area (Å²) in [5, 5.41) is 29.8. The standard InChI is InChI=1S/3C8H16O2.Nd/c3*1-2-3-4-5-6-7-8(9)10;/h3*2-7H2,1H3,(H,9,10);/q;;;+3/p-3. The van der Waals surface area contributed by atoms with Gasteiger partial charge < -0.3 is 29.7 Å². The Morgan fingerprint density at radius 3 is 0.774 bits per heavy atom. The third-order valence-corrected chi connectivity index (χ3v) is 4.45. The minimum atomic E-state index is -0.920. The molecule has 181 valence electrons. The van der Waals surface area contributed by atoms with E-state index in [1.54, 1.807) is 0 Å². The first-order valence-corrected chi connectivity index (χ1v) is 11.9. The number of aliphatic carboxylic acids is 3. The van der Waals surface area contributed by atoms with Crippen molar-refractivity contribution in [1.82, 2.24) is 0 Å². The molecule has 0 aliphatic heterocycles. The van der Waals surface area contributed by atoms with E-state index in [4.69, 9.17) is 0 Å². The van der Waals surface area contributed by atoms with Crippen molar-refractivity contribution in [3.05, 3.63) is 0 Å². The largest absolute Gasteiger partial charge is 3.00 e. The molecule has 0 aliphatic carbocycles. The van der Waals surface area contributed by atoms with E-state index in [2.05, 4.69) is 20.8 Å². The molecule has 0 aromatic rings. The van der Waals surface area contributed by atoms with Crippen molar-refractivity contribution in [2.45, 2.75) is 136 Å². The summed E-state index contributed by atoms with van der Waals surface area (Å²) in [4.78, 5) is 29.8. The third kappa shape index (κ3) is 53.2. The van der Waals surface area contributed by atoms with Gasteiger partial charge in [0, 0.05) is 17.9 Å². The van der Waals surface area contributed by atoms with Crippen LogP contribution < -0.4 is 15.3 Å². The van der Waals surface area contributed by atoms with Gasteiger partial charge in [-0.1, -0.05) is 97.8 Å². The molecule has 0 N–H and O–H groups in total. The molecule has 0 heterocycles. The van der Waals surface area contributed by atoms with Crippen molar-refractivity contribution < 1.29 is 70.5 Å². The van der Waals surface area contributed by atoms with Gasteiger partial charge in [-0.15, -0.1) is 0 Å². The number of hydrogen-bond acceptors (Lipinski definition) is 6. The zero-order chi connectivity index (χ0) is 23.5. The maximum Gasteiger partial charge on any atom is 3.00 e. The quantitative estimate of drug-likeness (QED) is 0.232. The van der Waals surface area contributed by atoms with E-state index >= 15 is 0 Å². The molecular formula is C24H45NdO6. The van der Waals surface area contributed by atoms with Crippen LogP contribution in [0.25, 0.3) is 0 Å². The molecule has 0 unspecified atom stereocenters. The summed E-state index contributed by atoms with van der Waals surface area (Å²) >= 11 is 0. The fraction of sp³-hybridized carbons (Fsp3) is 0.875. The zero-order valence-corrected chi connectivity index (χ0v) is 23.4. The topological polar surface area (TPSA) is 120 Å². The van der Waals surface area contributed by atoms with Crippen molar-refractivity contribution in [1.29, 1.82) is 0 Å². The molecule has 7 heteroatoms. The van der Waals surface area contributed by atoms with E-state index in [9.17, 15) is 29.7 Å². The minimum absolute atomic E-state index is 0. The van der Waals surface area contributed by atoms with Crippen LogP contribution >= 0.6 is 0 Å². The van der Waals surface area contributed by atoms with E-state index in [0.29, 0.717) is 0 Å². The number of carbonyl (C=O) groups excluding carboxylic acids is 3. The van der Waals surface area contributed by atoms with Crippen LogP contribution in [0, 0.1) is 40.8 Å². The smallest absolute Gasteiger partial charge is 0.550 e. The molecule has 6 nitrogen and oxygen atoms in total. The maximum atomic E-state index is 9.92. The Bertz CT molecular complexity index is 331. The molecule has 0 aromatic heterocycles. The average molecular weight is 574 g/mol. The molecule has 0 atom stereocenters. The summed E-state index contributed by atoms with van der Waals surface area (Å²) in [6.07, 6.45) is 16.8. The molecule has 0 spiro atoms. The summed E-state index contributed by atoms with van der Waals surface area (Å²) in [6, 6.07) is 0. The van der Waals surface area contributed by atoms with Crippen LogP contribution in [0.1, 0.15) is 136 Å². The number of hydrogen-bond donors (Lipinski definition) is 0. The first kappa shape index (κ1) is 38.0. The minimum Gasteiger partial charge on any atom is -0.550 e. The van der Waals surface area contributed by atoms with Gasteiger partial charge in [0.25, 0.3) is 0 Å². The number of carboxylic acid groups (broad SMARTS) is 3. The van der Waals surface area contributed by atoms with Gasteiger partial charge in [-0.25, -0.2) is 0 Å². The summed E-state index contributed by atoms with van der Waals surface area (Å²) in [5.74, 6) is -2.76.